The second kappa shape index (κ2) is 5.90. The molecule has 0 unspecified atom stereocenters. The molecule has 8 heteroatoms. The molecule has 0 radical (unpaired) electrons. The third-order valence-corrected chi connectivity index (χ3v) is 4.28. The minimum atomic E-state index is -0.0271. The average molecular weight is 307 g/mol. The molecule has 2 aromatic rings. The molecule has 1 fully saturated rings. The van der Waals surface area contributed by atoms with Crippen molar-refractivity contribution in [3.05, 3.63) is 28.9 Å². The highest BCUT2D eigenvalue weighted by molar-refractivity contribution is 6.99. The highest BCUT2D eigenvalue weighted by atomic mass is 32.1. The van der Waals surface area contributed by atoms with Crippen LogP contribution in [0.15, 0.2) is 10.7 Å². The SMILES string of the molecule is Cc1noc(C)c1CN1CCN(C(=O)c2cnsn2)CC1. The fraction of sp³-hybridized carbons (Fsp3) is 0.538. The van der Waals surface area contributed by atoms with E-state index in [1.165, 1.54) is 6.20 Å². The Labute approximate surface area is 126 Å². The van der Waals surface area contributed by atoms with Gasteiger partial charge in [-0.2, -0.15) is 8.75 Å². The molecule has 0 N–H and O–H groups in total. The number of hydrogen-bond acceptors (Lipinski definition) is 7. The van der Waals surface area contributed by atoms with Crippen molar-refractivity contribution >= 4 is 17.6 Å². The monoisotopic (exact) mass is 307 g/mol. The maximum absolute atomic E-state index is 12.2. The van der Waals surface area contributed by atoms with Crippen LogP contribution in [0.4, 0.5) is 0 Å². The zero-order chi connectivity index (χ0) is 14.8. The van der Waals surface area contributed by atoms with Crippen LogP contribution in [0.3, 0.4) is 0 Å². The fourth-order valence-electron chi connectivity index (χ4n) is 2.48. The van der Waals surface area contributed by atoms with E-state index in [-0.39, 0.29) is 5.91 Å². The number of amides is 1. The number of nitrogens with zero attached hydrogens (tertiary/aromatic N) is 5. The summed E-state index contributed by atoms with van der Waals surface area (Å²) in [6.45, 7) is 7.81. The topological polar surface area (TPSA) is 75.4 Å². The highest BCUT2D eigenvalue weighted by Gasteiger charge is 2.24. The first-order valence-corrected chi connectivity index (χ1v) is 7.59. The number of carbonyl (C=O) groups is 1. The zero-order valence-corrected chi connectivity index (χ0v) is 12.9. The molecule has 7 nitrogen and oxygen atoms in total. The van der Waals surface area contributed by atoms with Gasteiger partial charge in [0.2, 0.25) is 0 Å². The van der Waals surface area contributed by atoms with Crippen molar-refractivity contribution < 1.29 is 9.32 Å². The number of aromatic nitrogens is 3. The predicted octanol–water partition coefficient (Wildman–Crippen LogP) is 1.10. The van der Waals surface area contributed by atoms with E-state index in [4.69, 9.17) is 4.52 Å². The minimum absolute atomic E-state index is 0.0271. The van der Waals surface area contributed by atoms with Gasteiger partial charge in [0.05, 0.1) is 23.6 Å². The van der Waals surface area contributed by atoms with Crippen molar-refractivity contribution in [3.63, 3.8) is 0 Å². The van der Waals surface area contributed by atoms with Crippen molar-refractivity contribution in [1.82, 2.24) is 23.7 Å². The smallest absolute Gasteiger partial charge is 0.275 e. The number of aryl methyl sites for hydroxylation is 2. The first-order valence-electron chi connectivity index (χ1n) is 6.86. The average Bonchev–Trinajstić information content (AvgIpc) is 3.13. The Kier molecular flexibility index (Phi) is 3.98. The van der Waals surface area contributed by atoms with Gasteiger partial charge in [-0.1, -0.05) is 5.16 Å². The summed E-state index contributed by atoms with van der Waals surface area (Å²) in [5.74, 6) is 0.847. The second-order valence-corrected chi connectivity index (χ2v) is 5.72. The molecule has 21 heavy (non-hydrogen) atoms. The molecule has 0 bridgehead atoms. The van der Waals surface area contributed by atoms with E-state index >= 15 is 0 Å². The lowest BCUT2D eigenvalue weighted by molar-refractivity contribution is 0.0623. The summed E-state index contributed by atoms with van der Waals surface area (Å²) >= 11 is 1.06. The first kappa shape index (κ1) is 14.2. The summed E-state index contributed by atoms with van der Waals surface area (Å²) in [6, 6.07) is 0. The Balaban J connectivity index is 1.57. The maximum Gasteiger partial charge on any atom is 0.275 e. The molecule has 1 amide bonds. The largest absolute Gasteiger partial charge is 0.361 e. The Morgan fingerprint density at radius 2 is 2.10 bits per heavy atom. The van der Waals surface area contributed by atoms with Crippen LogP contribution in [-0.4, -0.2) is 55.8 Å². The van der Waals surface area contributed by atoms with E-state index in [2.05, 4.69) is 18.8 Å². The van der Waals surface area contributed by atoms with Gasteiger partial charge < -0.3 is 9.42 Å². The minimum Gasteiger partial charge on any atom is -0.361 e. The van der Waals surface area contributed by atoms with Crippen LogP contribution in [0.2, 0.25) is 0 Å². The Morgan fingerprint density at radius 1 is 1.33 bits per heavy atom. The quantitative estimate of drug-likeness (QED) is 0.845. The van der Waals surface area contributed by atoms with E-state index in [9.17, 15) is 4.79 Å². The van der Waals surface area contributed by atoms with E-state index in [0.29, 0.717) is 18.8 Å². The van der Waals surface area contributed by atoms with Crippen LogP contribution in [0.1, 0.15) is 27.5 Å². The van der Waals surface area contributed by atoms with Gasteiger partial charge in [-0.25, -0.2) is 0 Å². The number of piperazine rings is 1. The third kappa shape index (κ3) is 2.96. The van der Waals surface area contributed by atoms with Gasteiger partial charge in [0.15, 0.2) is 5.69 Å². The van der Waals surface area contributed by atoms with E-state index in [1.54, 1.807) is 0 Å². The normalized spacial score (nSPS) is 16.4. The summed E-state index contributed by atoms with van der Waals surface area (Å²) in [7, 11) is 0. The lowest BCUT2D eigenvalue weighted by Crippen LogP contribution is -2.48. The standard InChI is InChI=1S/C13H17N5O2S/c1-9-11(10(2)20-15-9)8-17-3-5-18(6-4-17)13(19)12-7-14-21-16-12/h7H,3-6,8H2,1-2H3. The zero-order valence-electron chi connectivity index (χ0n) is 12.1. The van der Waals surface area contributed by atoms with Gasteiger partial charge in [0, 0.05) is 38.3 Å². The van der Waals surface area contributed by atoms with Gasteiger partial charge in [-0.15, -0.1) is 0 Å². The van der Waals surface area contributed by atoms with Gasteiger partial charge in [0.1, 0.15) is 5.76 Å². The fourth-order valence-corrected chi connectivity index (χ4v) is 2.89. The maximum atomic E-state index is 12.2. The van der Waals surface area contributed by atoms with Crippen LogP contribution < -0.4 is 0 Å². The number of carbonyl (C=O) groups excluding carboxylic acids is 1. The molecular weight excluding hydrogens is 290 g/mol. The lowest BCUT2D eigenvalue weighted by Gasteiger charge is -2.34. The second-order valence-electron chi connectivity index (χ2n) is 5.16. The molecule has 0 aliphatic carbocycles. The Morgan fingerprint density at radius 3 is 2.67 bits per heavy atom. The predicted molar refractivity (Wildman–Crippen MR) is 77.1 cm³/mol. The molecule has 3 heterocycles. The van der Waals surface area contributed by atoms with E-state index in [1.807, 2.05) is 18.7 Å². The summed E-state index contributed by atoms with van der Waals surface area (Å²) < 4.78 is 13.1. The van der Waals surface area contributed by atoms with Gasteiger partial charge in [-0.3, -0.25) is 9.69 Å². The first-order chi connectivity index (χ1) is 10.1. The molecule has 1 saturated heterocycles. The number of hydrogen-bond donors (Lipinski definition) is 0. The van der Waals surface area contributed by atoms with E-state index < -0.39 is 0 Å². The lowest BCUT2D eigenvalue weighted by atomic mass is 10.1. The Hall–Kier alpha value is -1.80. The van der Waals surface area contributed by atoms with Crippen molar-refractivity contribution in [2.24, 2.45) is 0 Å². The molecule has 0 atom stereocenters. The summed E-state index contributed by atoms with van der Waals surface area (Å²) in [4.78, 5) is 16.3. The van der Waals surface area contributed by atoms with Crippen LogP contribution in [0, 0.1) is 13.8 Å². The molecule has 1 aliphatic rings. The summed E-state index contributed by atoms with van der Waals surface area (Å²) in [5.41, 5.74) is 2.54. The molecular formula is C13H17N5O2S. The van der Waals surface area contributed by atoms with Crippen molar-refractivity contribution in [1.29, 1.82) is 0 Å². The van der Waals surface area contributed by atoms with Crippen molar-refractivity contribution in [2.45, 2.75) is 20.4 Å². The van der Waals surface area contributed by atoms with Gasteiger partial charge >= 0.3 is 0 Å². The highest BCUT2D eigenvalue weighted by Crippen LogP contribution is 2.16. The number of rotatable bonds is 3. The van der Waals surface area contributed by atoms with Crippen molar-refractivity contribution in [3.8, 4) is 0 Å². The van der Waals surface area contributed by atoms with Gasteiger partial charge in [-0.05, 0) is 13.8 Å². The van der Waals surface area contributed by atoms with Crippen molar-refractivity contribution in [2.75, 3.05) is 26.2 Å². The summed E-state index contributed by atoms with van der Waals surface area (Å²) in [6.07, 6.45) is 1.53. The molecule has 112 valence electrons. The van der Waals surface area contributed by atoms with Crippen LogP contribution >= 0.6 is 11.7 Å². The van der Waals surface area contributed by atoms with E-state index in [0.717, 1.165) is 48.4 Å². The molecule has 2 aromatic heterocycles. The molecule has 3 rings (SSSR count). The molecule has 1 aliphatic heterocycles. The summed E-state index contributed by atoms with van der Waals surface area (Å²) in [5, 5.41) is 3.98. The van der Waals surface area contributed by atoms with Crippen LogP contribution in [0.25, 0.3) is 0 Å². The molecule has 0 spiro atoms. The molecule has 0 saturated carbocycles. The van der Waals surface area contributed by atoms with Crippen LogP contribution in [0.5, 0.6) is 0 Å². The van der Waals surface area contributed by atoms with Gasteiger partial charge in [0.25, 0.3) is 5.91 Å². The van der Waals surface area contributed by atoms with Crippen LogP contribution in [-0.2, 0) is 6.54 Å². The Bertz CT molecular complexity index is 597. The third-order valence-electron chi connectivity index (χ3n) is 3.80. The molecule has 0 aromatic carbocycles.